The van der Waals surface area contributed by atoms with Gasteiger partial charge >= 0.3 is 6.03 Å². The van der Waals surface area contributed by atoms with E-state index >= 15 is 0 Å². The molecule has 3 heterocycles. The molecule has 8 heteroatoms. The number of urea groups is 1. The summed E-state index contributed by atoms with van der Waals surface area (Å²) in [7, 11) is 0. The summed E-state index contributed by atoms with van der Waals surface area (Å²) in [5.41, 5.74) is 2.14. The molecule has 8 nitrogen and oxygen atoms in total. The van der Waals surface area contributed by atoms with Gasteiger partial charge in [-0.1, -0.05) is 0 Å². The highest BCUT2D eigenvalue weighted by Crippen LogP contribution is 2.22. The SMILES string of the molecule is NNC(=O)C1CCC(CN2CCN3C(=O)NCC3C2)O1. The lowest BCUT2D eigenvalue weighted by Gasteiger charge is -2.37. The molecule has 20 heavy (non-hydrogen) atoms. The Labute approximate surface area is 117 Å². The molecule has 3 fully saturated rings. The van der Waals surface area contributed by atoms with Crippen LogP contribution in [0.3, 0.4) is 0 Å². The normalized spacial score (nSPS) is 34.0. The fraction of sp³-hybridized carbons (Fsp3) is 0.833. The molecule has 0 aromatic rings. The minimum Gasteiger partial charge on any atom is -0.364 e. The van der Waals surface area contributed by atoms with Crippen molar-refractivity contribution in [2.75, 3.05) is 32.7 Å². The highest BCUT2D eigenvalue weighted by Gasteiger charge is 2.37. The van der Waals surface area contributed by atoms with Crippen LogP contribution < -0.4 is 16.6 Å². The first-order valence-electron chi connectivity index (χ1n) is 7.10. The Balaban J connectivity index is 1.48. The van der Waals surface area contributed by atoms with E-state index in [1.807, 2.05) is 4.90 Å². The van der Waals surface area contributed by atoms with Gasteiger partial charge in [0.1, 0.15) is 6.10 Å². The zero-order valence-electron chi connectivity index (χ0n) is 11.4. The third kappa shape index (κ3) is 2.58. The molecular weight excluding hydrogens is 262 g/mol. The van der Waals surface area contributed by atoms with E-state index in [0.717, 1.165) is 45.6 Å². The highest BCUT2D eigenvalue weighted by atomic mass is 16.5. The van der Waals surface area contributed by atoms with Crippen molar-refractivity contribution >= 4 is 11.9 Å². The number of carbonyl (C=O) groups excluding carboxylic acids is 2. The van der Waals surface area contributed by atoms with Crippen LogP contribution in [0.1, 0.15) is 12.8 Å². The molecule has 0 radical (unpaired) electrons. The second kappa shape index (κ2) is 5.55. The van der Waals surface area contributed by atoms with Gasteiger partial charge in [-0.2, -0.15) is 0 Å². The molecule has 3 aliphatic heterocycles. The molecule has 3 aliphatic rings. The van der Waals surface area contributed by atoms with Gasteiger partial charge in [-0.25, -0.2) is 10.6 Å². The van der Waals surface area contributed by atoms with Crippen LogP contribution in [0.15, 0.2) is 0 Å². The molecule has 0 bridgehead atoms. The van der Waals surface area contributed by atoms with Crippen LogP contribution in [0.2, 0.25) is 0 Å². The van der Waals surface area contributed by atoms with Gasteiger partial charge in [-0.15, -0.1) is 0 Å². The average molecular weight is 283 g/mol. The summed E-state index contributed by atoms with van der Waals surface area (Å²) in [5, 5.41) is 2.87. The van der Waals surface area contributed by atoms with Gasteiger partial charge in [0, 0.05) is 32.7 Å². The number of piperazine rings is 1. The fourth-order valence-electron chi connectivity index (χ4n) is 3.25. The first-order valence-corrected chi connectivity index (χ1v) is 7.10. The molecule has 0 saturated carbocycles. The number of fused-ring (bicyclic) bond motifs is 1. The van der Waals surface area contributed by atoms with Crippen LogP contribution in [0, 0.1) is 0 Å². The maximum absolute atomic E-state index is 11.5. The molecular formula is C12H21N5O3. The van der Waals surface area contributed by atoms with Crippen molar-refractivity contribution < 1.29 is 14.3 Å². The average Bonchev–Trinajstić information content (AvgIpc) is 3.06. The van der Waals surface area contributed by atoms with Crippen molar-refractivity contribution in [3.63, 3.8) is 0 Å². The van der Waals surface area contributed by atoms with E-state index in [-0.39, 0.29) is 24.1 Å². The van der Waals surface area contributed by atoms with Gasteiger partial charge in [0.2, 0.25) is 0 Å². The first kappa shape index (κ1) is 13.6. The maximum atomic E-state index is 11.5. The van der Waals surface area contributed by atoms with Gasteiger partial charge in [0.05, 0.1) is 12.1 Å². The van der Waals surface area contributed by atoms with E-state index in [1.165, 1.54) is 0 Å². The quantitative estimate of drug-likeness (QED) is 0.323. The Bertz CT molecular complexity index is 405. The maximum Gasteiger partial charge on any atom is 0.317 e. The zero-order chi connectivity index (χ0) is 14.1. The third-order valence-electron chi connectivity index (χ3n) is 4.32. The standard InChI is InChI=1S/C12H21N5O3/c13-15-11(18)10-2-1-9(20-10)7-16-3-4-17-8(6-16)5-14-12(17)19/h8-10H,1-7,13H2,(H,14,19)(H,15,18). The molecule has 3 amide bonds. The lowest BCUT2D eigenvalue weighted by atomic mass is 10.1. The topological polar surface area (TPSA) is 99.9 Å². The van der Waals surface area contributed by atoms with Gasteiger partial charge in [-0.05, 0) is 12.8 Å². The van der Waals surface area contributed by atoms with Crippen molar-refractivity contribution in [1.82, 2.24) is 20.5 Å². The lowest BCUT2D eigenvalue weighted by molar-refractivity contribution is -0.132. The number of hydrogen-bond donors (Lipinski definition) is 3. The Morgan fingerprint density at radius 2 is 2.30 bits per heavy atom. The largest absolute Gasteiger partial charge is 0.364 e. The molecule has 112 valence electrons. The number of amides is 3. The van der Waals surface area contributed by atoms with E-state index < -0.39 is 6.10 Å². The Hall–Kier alpha value is -1.38. The Morgan fingerprint density at radius 3 is 3.10 bits per heavy atom. The van der Waals surface area contributed by atoms with Crippen LogP contribution >= 0.6 is 0 Å². The number of rotatable bonds is 3. The molecule has 0 spiro atoms. The van der Waals surface area contributed by atoms with Crippen molar-refractivity contribution in [3.05, 3.63) is 0 Å². The smallest absolute Gasteiger partial charge is 0.317 e. The Morgan fingerprint density at radius 1 is 1.45 bits per heavy atom. The lowest BCUT2D eigenvalue weighted by Crippen LogP contribution is -2.53. The van der Waals surface area contributed by atoms with Crippen LogP contribution in [-0.4, -0.2) is 72.7 Å². The first-order chi connectivity index (χ1) is 9.67. The van der Waals surface area contributed by atoms with Crippen molar-refractivity contribution in [2.24, 2.45) is 5.84 Å². The number of carbonyl (C=O) groups is 2. The predicted molar refractivity (Wildman–Crippen MR) is 70.6 cm³/mol. The third-order valence-corrected chi connectivity index (χ3v) is 4.32. The molecule has 0 aliphatic carbocycles. The van der Waals surface area contributed by atoms with E-state index in [2.05, 4.69) is 15.6 Å². The van der Waals surface area contributed by atoms with E-state index in [4.69, 9.17) is 10.6 Å². The summed E-state index contributed by atoms with van der Waals surface area (Å²) in [6, 6.07) is 0.312. The van der Waals surface area contributed by atoms with Gasteiger partial charge < -0.3 is 15.0 Å². The number of nitrogens with two attached hydrogens (primary N) is 1. The number of nitrogens with one attached hydrogen (secondary N) is 2. The second-order valence-electron chi connectivity index (χ2n) is 5.63. The van der Waals surface area contributed by atoms with Gasteiger partial charge in [0.25, 0.3) is 5.91 Å². The number of hydrogen-bond acceptors (Lipinski definition) is 5. The van der Waals surface area contributed by atoms with Crippen LogP contribution in [0.25, 0.3) is 0 Å². The van der Waals surface area contributed by atoms with Crippen molar-refractivity contribution in [2.45, 2.75) is 31.1 Å². The minimum atomic E-state index is -0.416. The van der Waals surface area contributed by atoms with E-state index in [1.54, 1.807) is 0 Å². The summed E-state index contributed by atoms with van der Waals surface area (Å²) in [5.74, 6) is 4.87. The van der Waals surface area contributed by atoms with Crippen LogP contribution in [0.5, 0.6) is 0 Å². The number of nitrogens with zero attached hydrogens (tertiary/aromatic N) is 2. The summed E-state index contributed by atoms with van der Waals surface area (Å²) >= 11 is 0. The summed E-state index contributed by atoms with van der Waals surface area (Å²) in [6.07, 6.45) is 1.26. The van der Waals surface area contributed by atoms with Crippen molar-refractivity contribution in [3.8, 4) is 0 Å². The zero-order valence-corrected chi connectivity index (χ0v) is 11.4. The Kier molecular flexibility index (Phi) is 3.77. The molecule has 0 aromatic heterocycles. The summed E-state index contributed by atoms with van der Waals surface area (Å²) < 4.78 is 5.72. The number of hydrazine groups is 1. The highest BCUT2D eigenvalue weighted by molar-refractivity contribution is 5.80. The van der Waals surface area contributed by atoms with Crippen LogP contribution in [-0.2, 0) is 9.53 Å². The second-order valence-corrected chi connectivity index (χ2v) is 5.63. The number of ether oxygens (including phenoxy) is 1. The van der Waals surface area contributed by atoms with Crippen LogP contribution in [0.4, 0.5) is 4.79 Å². The monoisotopic (exact) mass is 283 g/mol. The molecule has 3 rings (SSSR count). The molecule has 3 atom stereocenters. The molecule has 3 saturated heterocycles. The van der Waals surface area contributed by atoms with Crippen molar-refractivity contribution in [1.29, 1.82) is 0 Å². The minimum absolute atomic E-state index is 0.0476. The van der Waals surface area contributed by atoms with Gasteiger partial charge in [-0.3, -0.25) is 15.1 Å². The summed E-state index contributed by atoms with van der Waals surface area (Å²) in [4.78, 5) is 27.2. The molecule has 3 unspecified atom stereocenters. The summed E-state index contributed by atoms with van der Waals surface area (Å²) in [6.45, 7) is 4.02. The van der Waals surface area contributed by atoms with Gasteiger partial charge in [0.15, 0.2) is 0 Å². The van der Waals surface area contributed by atoms with E-state index in [9.17, 15) is 9.59 Å². The molecule has 4 N–H and O–H groups in total. The van der Waals surface area contributed by atoms with E-state index in [0.29, 0.717) is 0 Å². The predicted octanol–water partition coefficient (Wildman–Crippen LogP) is -1.77. The fourth-order valence-corrected chi connectivity index (χ4v) is 3.25. The molecule has 0 aromatic carbocycles.